The highest BCUT2D eigenvalue weighted by Crippen LogP contribution is 2.34. The highest BCUT2D eigenvalue weighted by atomic mass is 79.9. The van der Waals surface area contributed by atoms with Crippen LogP contribution in [-0.4, -0.2) is 5.11 Å². The van der Waals surface area contributed by atoms with E-state index in [1.807, 2.05) is 31.2 Å². The molecule has 1 unspecified atom stereocenters. The molecule has 0 spiro atoms. The maximum absolute atomic E-state index is 10.5. The number of thiophene rings is 1. The first kappa shape index (κ1) is 12.9. The Morgan fingerprint density at radius 3 is 2.47 bits per heavy atom. The van der Waals surface area contributed by atoms with Gasteiger partial charge in [0.25, 0.3) is 0 Å². The maximum atomic E-state index is 10.5. The molecule has 0 aliphatic carbocycles. The van der Waals surface area contributed by atoms with E-state index in [4.69, 9.17) is 0 Å². The third kappa shape index (κ3) is 2.46. The number of hydrogen-bond donors (Lipinski definition) is 1. The molecular formula is C16H13BrOS. The molecule has 19 heavy (non-hydrogen) atoms. The summed E-state index contributed by atoms with van der Waals surface area (Å²) >= 11 is 5.09. The molecule has 2 aromatic carbocycles. The molecule has 3 rings (SSSR count). The van der Waals surface area contributed by atoms with Crippen LogP contribution in [-0.2, 0) is 0 Å². The number of fused-ring (bicyclic) bond motifs is 1. The Balaban J connectivity index is 2.03. The van der Waals surface area contributed by atoms with Crippen LogP contribution in [0.25, 0.3) is 10.8 Å². The number of aryl methyl sites for hydroxylation is 1. The smallest absolute Gasteiger partial charge is 0.113 e. The van der Waals surface area contributed by atoms with E-state index < -0.39 is 6.10 Å². The second-order valence-electron chi connectivity index (χ2n) is 4.61. The van der Waals surface area contributed by atoms with Crippen LogP contribution in [0.1, 0.15) is 22.1 Å². The van der Waals surface area contributed by atoms with E-state index in [1.165, 1.54) is 10.9 Å². The third-order valence-corrected chi connectivity index (χ3v) is 5.42. The lowest BCUT2D eigenvalue weighted by molar-refractivity contribution is 0.224. The van der Waals surface area contributed by atoms with E-state index in [2.05, 4.69) is 40.2 Å². The summed E-state index contributed by atoms with van der Waals surface area (Å²) in [6, 6.07) is 16.3. The van der Waals surface area contributed by atoms with Crippen LogP contribution in [0.5, 0.6) is 0 Å². The predicted octanol–water partition coefficient (Wildman–Crippen LogP) is 5.05. The minimum absolute atomic E-state index is 0.556. The van der Waals surface area contributed by atoms with Gasteiger partial charge >= 0.3 is 0 Å². The molecule has 0 saturated carbocycles. The first-order valence-corrected chi connectivity index (χ1v) is 7.69. The summed E-state index contributed by atoms with van der Waals surface area (Å²) < 4.78 is 1.09. The van der Waals surface area contributed by atoms with Crippen LogP contribution in [0.3, 0.4) is 0 Å². The Bertz CT molecular complexity index is 713. The van der Waals surface area contributed by atoms with E-state index in [-0.39, 0.29) is 0 Å². The van der Waals surface area contributed by atoms with Crippen molar-refractivity contribution < 1.29 is 5.11 Å². The van der Waals surface area contributed by atoms with Gasteiger partial charge in [-0.3, -0.25) is 0 Å². The molecule has 0 bridgehead atoms. The number of hydrogen-bond acceptors (Lipinski definition) is 2. The lowest BCUT2D eigenvalue weighted by Crippen LogP contribution is -1.96. The minimum atomic E-state index is -0.556. The molecule has 1 aromatic heterocycles. The standard InChI is InChI=1S/C16H13BrOS/c1-10-8-14(19-16(10)17)15(18)13-7-6-11-4-2-3-5-12(11)9-13/h2-9,15,18H,1H3. The Kier molecular flexibility index (Phi) is 3.44. The van der Waals surface area contributed by atoms with E-state index >= 15 is 0 Å². The maximum Gasteiger partial charge on any atom is 0.113 e. The predicted molar refractivity (Wildman–Crippen MR) is 84.8 cm³/mol. The zero-order valence-corrected chi connectivity index (χ0v) is 12.8. The number of benzene rings is 2. The van der Waals surface area contributed by atoms with Crippen LogP contribution in [0.15, 0.2) is 52.3 Å². The van der Waals surface area contributed by atoms with Crippen molar-refractivity contribution >= 4 is 38.0 Å². The molecular weight excluding hydrogens is 320 g/mol. The summed E-state index contributed by atoms with van der Waals surface area (Å²) in [7, 11) is 0. The Hall–Kier alpha value is -1.16. The van der Waals surface area contributed by atoms with Gasteiger partial charge in [0.1, 0.15) is 6.10 Å². The quantitative estimate of drug-likeness (QED) is 0.695. The zero-order chi connectivity index (χ0) is 13.4. The summed E-state index contributed by atoms with van der Waals surface area (Å²) in [5.74, 6) is 0. The molecule has 1 atom stereocenters. The first-order valence-electron chi connectivity index (χ1n) is 6.08. The van der Waals surface area contributed by atoms with Gasteiger partial charge in [0, 0.05) is 4.88 Å². The number of aliphatic hydroxyl groups excluding tert-OH is 1. The van der Waals surface area contributed by atoms with Crippen molar-refractivity contribution in [2.45, 2.75) is 13.0 Å². The van der Waals surface area contributed by atoms with Crippen molar-refractivity contribution in [2.24, 2.45) is 0 Å². The summed E-state index contributed by atoms with van der Waals surface area (Å²) in [5, 5.41) is 12.8. The highest BCUT2D eigenvalue weighted by molar-refractivity contribution is 9.11. The van der Waals surface area contributed by atoms with E-state index in [0.29, 0.717) is 0 Å². The summed E-state index contributed by atoms with van der Waals surface area (Å²) in [6.07, 6.45) is -0.556. The molecule has 0 fully saturated rings. The van der Waals surface area contributed by atoms with E-state index in [1.54, 1.807) is 11.3 Å². The van der Waals surface area contributed by atoms with Crippen molar-refractivity contribution in [3.8, 4) is 0 Å². The lowest BCUT2D eigenvalue weighted by atomic mass is 10.0. The van der Waals surface area contributed by atoms with Crippen LogP contribution in [0.2, 0.25) is 0 Å². The van der Waals surface area contributed by atoms with Crippen molar-refractivity contribution in [2.75, 3.05) is 0 Å². The minimum Gasteiger partial charge on any atom is -0.383 e. The van der Waals surface area contributed by atoms with Crippen molar-refractivity contribution in [3.05, 3.63) is 68.3 Å². The fourth-order valence-corrected chi connectivity index (χ4v) is 3.75. The van der Waals surface area contributed by atoms with Crippen LogP contribution >= 0.6 is 27.3 Å². The van der Waals surface area contributed by atoms with Crippen LogP contribution < -0.4 is 0 Å². The fraction of sp³-hybridized carbons (Fsp3) is 0.125. The van der Waals surface area contributed by atoms with E-state index in [0.717, 1.165) is 19.6 Å². The number of aliphatic hydroxyl groups is 1. The van der Waals surface area contributed by atoms with Gasteiger partial charge in [0.2, 0.25) is 0 Å². The lowest BCUT2D eigenvalue weighted by Gasteiger charge is -2.10. The van der Waals surface area contributed by atoms with Gasteiger partial charge in [0.15, 0.2) is 0 Å². The fourth-order valence-electron chi connectivity index (χ4n) is 2.16. The van der Waals surface area contributed by atoms with Gasteiger partial charge in [-0.05, 0) is 56.9 Å². The molecule has 0 aliphatic heterocycles. The molecule has 0 aliphatic rings. The summed E-state index contributed by atoms with van der Waals surface area (Å²) in [4.78, 5) is 0.972. The SMILES string of the molecule is Cc1cc(C(O)c2ccc3ccccc3c2)sc1Br. The Morgan fingerprint density at radius 2 is 1.79 bits per heavy atom. The zero-order valence-electron chi connectivity index (χ0n) is 10.4. The van der Waals surface area contributed by atoms with Gasteiger partial charge in [-0.15, -0.1) is 11.3 Å². The highest BCUT2D eigenvalue weighted by Gasteiger charge is 2.14. The van der Waals surface area contributed by atoms with Crippen LogP contribution in [0, 0.1) is 6.92 Å². The van der Waals surface area contributed by atoms with Gasteiger partial charge in [0.05, 0.1) is 3.79 Å². The Labute approximate surface area is 124 Å². The topological polar surface area (TPSA) is 20.2 Å². The monoisotopic (exact) mass is 332 g/mol. The second kappa shape index (κ2) is 5.08. The Morgan fingerprint density at radius 1 is 1.05 bits per heavy atom. The van der Waals surface area contributed by atoms with Gasteiger partial charge < -0.3 is 5.11 Å². The van der Waals surface area contributed by atoms with Gasteiger partial charge in [-0.1, -0.05) is 36.4 Å². The molecule has 1 heterocycles. The summed E-state index contributed by atoms with van der Waals surface area (Å²) in [5.41, 5.74) is 2.10. The first-order chi connectivity index (χ1) is 9.15. The molecule has 3 heteroatoms. The normalized spacial score (nSPS) is 12.8. The van der Waals surface area contributed by atoms with Crippen molar-refractivity contribution in [1.29, 1.82) is 0 Å². The van der Waals surface area contributed by atoms with Crippen molar-refractivity contribution in [3.63, 3.8) is 0 Å². The van der Waals surface area contributed by atoms with E-state index in [9.17, 15) is 5.11 Å². The molecule has 0 saturated heterocycles. The second-order valence-corrected chi connectivity index (χ2v) is 7.02. The average molecular weight is 333 g/mol. The molecule has 1 N–H and O–H groups in total. The average Bonchev–Trinajstić information content (AvgIpc) is 2.77. The molecule has 0 amide bonds. The number of halogens is 1. The molecule has 96 valence electrons. The molecule has 0 radical (unpaired) electrons. The van der Waals surface area contributed by atoms with Crippen molar-refractivity contribution in [1.82, 2.24) is 0 Å². The largest absolute Gasteiger partial charge is 0.383 e. The molecule has 3 aromatic rings. The summed E-state index contributed by atoms with van der Waals surface area (Å²) in [6.45, 7) is 2.04. The van der Waals surface area contributed by atoms with Crippen LogP contribution in [0.4, 0.5) is 0 Å². The van der Waals surface area contributed by atoms with Gasteiger partial charge in [-0.25, -0.2) is 0 Å². The molecule has 1 nitrogen and oxygen atoms in total. The third-order valence-electron chi connectivity index (χ3n) is 3.24. The van der Waals surface area contributed by atoms with Gasteiger partial charge in [-0.2, -0.15) is 0 Å². The number of rotatable bonds is 2.